The Labute approximate surface area is 147 Å². The van der Waals surface area contributed by atoms with Gasteiger partial charge in [-0.25, -0.2) is 4.39 Å². The lowest BCUT2D eigenvalue weighted by Crippen LogP contribution is -2.45. The smallest absolute Gasteiger partial charge is 0.251 e. The van der Waals surface area contributed by atoms with Crippen LogP contribution in [0.5, 0.6) is 0 Å². The standard InChI is InChI=1S/C20H23FN2O2/c21-17-8-6-15(7-9-17)19(24)14-23-12-10-18(11-13-23)22-20(25)16-4-2-1-3-5-16/h1-9,18-19,24H,10-14H2,(H,22,25). The zero-order valence-electron chi connectivity index (χ0n) is 14.1. The fourth-order valence-corrected chi connectivity index (χ4v) is 3.15. The Morgan fingerprint density at radius 2 is 1.76 bits per heavy atom. The zero-order valence-corrected chi connectivity index (χ0v) is 14.1. The first-order valence-corrected chi connectivity index (χ1v) is 8.63. The van der Waals surface area contributed by atoms with Crippen LogP contribution in [0.4, 0.5) is 4.39 Å². The van der Waals surface area contributed by atoms with Crippen molar-refractivity contribution in [2.45, 2.75) is 25.0 Å². The van der Waals surface area contributed by atoms with E-state index in [1.807, 2.05) is 30.3 Å². The molecule has 0 spiro atoms. The quantitative estimate of drug-likeness (QED) is 0.878. The van der Waals surface area contributed by atoms with E-state index >= 15 is 0 Å². The lowest BCUT2D eigenvalue weighted by molar-refractivity contribution is 0.0828. The number of amides is 1. The molecule has 1 amide bonds. The van der Waals surface area contributed by atoms with Gasteiger partial charge in [-0.3, -0.25) is 4.79 Å². The van der Waals surface area contributed by atoms with E-state index in [0.29, 0.717) is 12.1 Å². The number of hydrogen-bond acceptors (Lipinski definition) is 3. The minimum absolute atomic E-state index is 0.0367. The Morgan fingerprint density at radius 1 is 1.12 bits per heavy atom. The van der Waals surface area contributed by atoms with E-state index in [2.05, 4.69) is 10.2 Å². The molecule has 3 rings (SSSR count). The summed E-state index contributed by atoms with van der Waals surface area (Å²) in [5.41, 5.74) is 1.40. The van der Waals surface area contributed by atoms with E-state index in [0.717, 1.165) is 31.5 Å². The van der Waals surface area contributed by atoms with Crippen LogP contribution < -0.4 is 5.32 Å². The Kier molecular flexibility index (Phi) is 5.79. The van der Waals surface area contributed by atoms with Gasteiger partial charge in [0.15, 0.2) is 0 Å². The van der Waals surface area contributed by atoms with Gasteiger partial charge in [0.2, 0.25) is 0 Å². The van der Waals surface area contributed by atoms with Gasteiger partial charge in [0.05, 0.1) is 6.10 Å². The lowest BCUT2D eigenvalue weighted by Gasteiger charge is -2.33. The van der Waals surface area contributed by atoms with Gasteiger partial charge in [-0.15, -0.1) is 0 Å². The van der Waals surface area contributed by atoms with Crippen molar-refractivity contribution in [2.24, 2.45) is 0 Å². The van der Waals surface area contributed by atoms with Gasteiger partial charge in [0, 0.05) is 31.2 Å². The summed E-state index contributed by atoms with van der Waals surface area (Å²) in [5.74, 6) is -0.337. The number of carbonyl (C=O) groups is 1. The molecule has 1 saturated heterocycles. The largest absolute Gasteiger partial charge is 0.387 e. The number of halogens is 1. The predicted molar refractivity (Wildman–Crippen MR) is 94.7 cm³/mol. The van der Waals surface area contributed by atoms with Crippen LogP contribution in [-0.2, 0) is 0 Å². The van der Waals surface area contributed by atoms with Gasteiger partial charge in [-0.05, 0) is 42.7 Å². The summed E-state index contributed by atoms with van der Waals surface area (Å²) in [4.78, 5) is 14.4. The zero-order chi connectivity index (χ0) is 17.6. The molecule has 2 aromatic carbocycles. The van der Waals surface area contributed by atoms with Crippen LogP contribution in [0.2, 0.25) is 0 Å². The molecule has 0 aromatic heterocycles. The molecule has 0 bridgehead atoms. The minimum Gasteiger partial charge on any atom is -0.387 e. The third-order valence-corrected chi connectivity index (χ3v) is 4.64. The van der Waals surface area contributed by atoms with Crippen LogP contribution in [0, 0.1) is 5.82 Å². The molecule has 1 atom stereocenters. The highest BCUT2D eigenvalue weighted by molar-refractivity contribution is 5.94. The highest BCUT2D eigenvalue weighted by Gasteiger charge is 2.23. The normalized spacial score (nSPS) is 17.2. The van der Waals surface area contributed by atoms with Crippen molar-refractivity contribution in [3.05, 3.63) is 71.5 Å². The van der Waals surface area contributed by atoms with Crippen molar-refractivity contribution >= 4 is 5.91 Å². The number of aliphatic hydroxyl groups is 1. The SMILES string of the molecule is O=C(NC1CCN(CC(O)c2ccc(F)cc2)CC1)c1ccccc1. The molecule has 1 heterocycles. The Morgan fingerprint density at radius 3 is 2.40 bits per heavy atom. The first-order valence-electron chi connectivity index (χ1n) is 8.63. The predicted octanol–water partition coefficient (Wildman–Crippen LogP) is 2.75. The maximum absolute atomic E-state index is 13.0. The Hall–Kier alpha value is -2.24. The molecule has 4 nitrogen and oxygen atoms in total. The van der Waals surface area contributed by atoms with Crippen LogP contribution in [0.1, 0.15) is 34.9 Å². The van der Waals surface area contributed by atoms with E-state index in [-0.39, 0.29) is 17.8 Å². The molecular weight excluding hydrogens is 319 g/mol. The number of nitrogens with zero attached hydrogens (tertiary/aromatic N) is 1. The van der Waals surface area contributed by atoms with Gasteiger partial charge in [0.1, 0.15) is 5.82 Å². The second-order valence-corrected chi connectivity index (χ2v) is 6.48. The van der Waals surface area contributed by atoms with Crippen LogP contribution in [0.15, 0.2) is 54.6 Å². The number of piperidine rings is 1. The van der Waals surface area contributed by atoms with Crippen molar-refractivity contribution in [3.63, 3.8) is 0 Å². The summed E-state index contributed by atoms with van der Waals surface area (Å²) in [6.45, 7) is 2.15. The number of carbonyl (C=O) groups excluding carboxylic acids is 1. The fraction of sp³-hybridized carbons (Fsp3) is 0.350. The summed E-state index contributed by atoms with van der Waals surface area (Å²) < 4.78 is 13.0. The molecule has 132 valence electrons. The average Bonchev–Trinajstić information content (AvgIpc) is 2.64. The molecule has 1 aliphatic rings. The monoisotopic (exact) mass is 342 g/mol. The average molecular weight is 342 g/mol. The molecule has 2 aromatic rings. The molecule has 5 heteroatoms. The molecule has 2 N–H and O–H groups in total. The van der Waals surface area contributed by atoms with E-state index in [4.69, 9.17) is 0 Å². The fourth-order valence-electron chi connectivity index (χ4n) is 3.15. The number of β-amino-alcohol motifs (C(OH)–C–C–N with tert-alkyl or cyclic N) is 1. The summed E-state index contributed by atoms with van der Waals surface area (Å²) >= 11 is 0. The molecule has 25 heavy (non-hydrogen) atoms. The van der Waals surface area contributed by atoms with Gasteiger partial charge in [-0.2, -0.15) is 0 Å². The topological polar surface area (TPSA) is 52.6 Å². The molecular formula is C20H23FN2O2. The van der Waals surface area contributed by atoms with Gasteiger partial charge < -0.3 is 15.3 Å². The third kappa shape index (κ3) is 4.87. The van der Waals surface area contributed by atoms with Crippen molar-refractivity contribution in [1.29, 1.82) is 0 Å². The summed E-state index contributed by atoms with van der Waals surface area (Å²) in [6, 6.07) is 15.3. The van der Waals surface area contributed by atoms with Crippen molar-refractivity contribution in [2.75, 3.05) is 19.6 Å². The first kappa shape index (κ1) is 17.6. The minimum atomic E-state index is -0.629. The molecule has 1 aliphatic heterocycles. The maximum atomic E-state index is 13.0. The highest BCUT2D eigenvalue weighted by Crippen LogP contribution is 2.18. The van der Waals surface area contributed by atoms with E-state index < -0.39 is 6.10 Å². The summed E-state index contributed by atoms with van der Waals surface area (Å²) in [5, 5.41) is 13.4. The Bertz CT molecular complexity index is 683. The number of hydrogen-bond donors (Lipinski definition) is 2. The van der Waals surface area contributed by atoms with Crippen LogP contribution in [0.25, 0.3) is 0 Å². The second kappa shape index (κ2) is 8.23. The number of benzene rings is 2. The first-order chi connectivity index (χ1) is 12.1. The van der Waals surface area contributed by atoms with Crippen molar-refractivity contribution in [1.82, 2.24) is 10.2 Å². The molecule has 0 radical (unpaired) electrons. The number of likely N-dealkylation sites (tertiary alicyclic amines) is 1. The van der Waals surface area contributed by atoms with Crippen LogP contribution in [-0.4, -0.2) is 41.6 Å². The maximum Gasteiger partial charge on any atom is 0.251 e. The van der Waals surface area contributed by atoms with Crippen molar-refractivity contribution < 1.29 is 14.3 Å². The van der Waals surface area contributed by atoms with E-state index in [9.17, 15) is 14.3 Å². The van der Waals surface area contributed by atoms with E-state index in [1.54, 1.807) is 12.1 Å². The number of nitrogens with one attached hydrogen (secondary N) is 1. The second-order valence-electron chi connectivity index (χ2n) is 6.48. The third-order valence-electron chi connectivity index (χ3n) is 4.64. The van der Waals surface area contributed by atoms with Gasteiger partial charge >= 0.3 is 0 Å². The van der Waals surface area contributed by atoms with Gasteiger partial charge in [0.25, 0.3) is 5.91 Å². The lowest BCUT2D eigenvalue weighted by atomic mass is 10.0. The van der Waals surface area contributed by atoms with Crippen molar-refractivity contribution in [3.8, 4) is 0 Å². The van der Waals surface area contributed by atoms with Crippen LogP contribution in [0.3, 0.4) is 0 Å². The van der Waals surface area contributed by atoms with Gasteiger partial charge in [-0.1, -0.05) is 30.3 Å². The molecule has 0 aliphatic carbocycles. The highest BCUT2D eigenvalue weighted by atomic mass is 19.1. The molecule has 1 fully saturated rings. The summed E-state index contributed by atoms with van der Waals surface area (Å²) in [6.07, 6.45) is 1.08. The molecule has 0 saturated carbocycles. The summed E-state index contributed by atoms with van der Waals surface area (Å²) in [7, 11) is 0. The van der Waals surface area contributed by atoms with E-state index in [1.165, 1.54) is 12.1 Å². The number of rotatable bonds is 5. The Balaban J connectivity index is 1.45. The molecule has 1 unspecified atom stereocenters. The number of aliphatic hydroxyl groups excluding tert-OH is 1. The van der Waals surface area contributed by atoms with Crippen LogP contribution >= 0.6 is 0 Å².